The van der Waals surface area contributed by atoms with Crippen LogP contribution in [0.5, 0.6) is 0 Å². The summed E-state index contributed by atoms with van der Waals surface area (Å²) >= 11 is 10.4. The summed E-state index contributed by atoms with van der Waals surface area (Å²) in [4.78, 5) is 41.3. The molecule has 0 radical (unpaired) electrons. The Morgan fingerprint density at radius 1 is 0.792 bits per heavy atom. The van der Waals surface area contributed by atoms with Crippen molar-refractivity contribution in [3.63, 3.8) is 0 Å². The first kappa shape index (κ1) is 36.4. The zero-order chi connectivity index (χ0) is 34.2. The number of carbonyl (C=O) groups excluding carboxylic acids is 3. The predicted molar refractivity (Wildman–Crippen MR) is 187 cm³/mol. The lowest BCUT2D eigenvalue weighted by Crippen LogP contribution is -2.63. The number of methoxy groups -OCH3 is 1. The van der Waals surface area contributed by atoms with Gasteiger partial charge in [0.05, 0.1) is 24.0 Å². The Hall–Kier alpha value is -2.87. The fraction of sp³-hybridized carbons (Fsp3) is 0.361. The molecule has 48 heavy (non-hydrogen) atoms. The maximum atomic E-state index is 14.0. The molecule has 3 aromatic rings. The molecule has 2 heterocycles. The number of hydrogen-bond donors (Lipinski definition) is 1. The molecule has 0 spiro atoms. The van der Waals surface area contributed by atoms with Crippen molar-refractivity contribution in [2.45, 2.75) is 56.4 Å². The topological polar surface area (TPSA) is 118 Å². The van der Waals surface area contributed by atoms with Gasteiger partial charge in [0.1, 0.15) is 6.10 Å². The minimum atomic E-state index is -1.36. The average molecular weight is 851 g/mol. The standard InChI is InChI=1S/C36H35Br3O9/c1-44-36-32-31(30(29(20-40)45-36)46-33(41)23-12-14-26(37)15-13-23)47-34(42)24(16-21-6-4-10-27(38)18-21)8-2-3-9-25(35(43)48-32)17-22-7-5-11-28(39)19-22/h2-7,10-15,18-19,24-25,29-32,36,40H,8-9,16-17,20H2,1H3/b3-2+/t24-,25-,29+,30+,31-,32+,36-/m0/s1. The van der Waals surface area contributed by atoms with Crippen molar-refractivity contribution in [3.05, 3.63) is 115 Å². The molecule has 12 heteroatoms. The Labute approximate surface area is 304 Å². The molecule has 0 amide bonds. The van der Waals surface area contributed by atoms with Gasteiger partial charge in [0.15, 0.2) is 24.6 Å². The lowest BCUT2D eigenvalue weighted by atomic mass is 9.92. The second-order valence-electron chi connectivity index (χ2n) is 11.6. The molecule has 0 unspecified atom stereocenters. The monoisotopic (exact) mass is 848 g/mol. The molecule has 1 fully saturated rings. The van der Waals surface area contributed by atoms with Gasteiger partial charge >= 0.3 is 17.9 Å². The third-order valence-corrected chi connectivity index (χ3v) is 9.76. The molecule has 0 saturated carbocycles. The van der Waals surface area contributed by atoms with E-state index in [1.165, 1.54) is 7.11 Å². The maximum Gasteiger partial charge on any atom is 0.338 e. The Bertz CT molecular complexity index is 1610. The molecule has 254 valence electrons. The second-order valence-corrected chi connectivity index (χ2v) is 14.4. The van der Waals surface area contributed by atoms with Crippen molar-refractivity contribution in [2.24, 2.45) is 11.8 Å². The summed E-state index contributed by atoms with van der Waals surface area (Å²) < 4.78 is 32.3. The van der Waals surface area contributed by atoms with E-state index >= 15 is 0 Å². The zero-order valence-electron chi connectivity index (χ0n) is 26.0. The van der Waals surface area contributed by atoms with Gasteiger partial charge in [-0.15, -0.1) is 0 Å². The molecule has 7 atom stereocenters. The number of rotatable bonds is 8. The highest BCUT2D eigenvalue weighted by molar-refractivity contribution is 9.11. The van der Waals surface area contributed by atoms with Crippen molar-refractivity contribution in [2.75, 3.05) is 13.7 Å². The second kappa shape index (κ2) is 17.2. The lowest BCUT2D eigenvalue weighted by molar-refractivity contribution is -0.301. The number of hydrogen-bond acceptors (Lipinski definition) is 9. The molecule has 1 N–H and O–H groups in total. The van der Waals surface area contributed by atoms with Crippen LogP contribution >= 0.6 is 47.8 Å². The molecule has 2 aliphatic heterocycles. The lowest BCUT2D eigenvalue weighted by Gasteiger charge is -2.44. The van der Waals surface area contributed by atoms with Crippen LogP contribution in [0.15, 0.2) is 98.4 Å². The van der Waals surface area contributed by atoms with Gasteiger partial charge in [-0.25, -0.2) is 4.79 Å². The van der Waals surface area contributed by atoms with Crippen LogP contribution in [0.3, 0.4) is 0 Å². The molecular weight excluding hydrogens is 816 g/mol. The van der Waals surface area contributed by atoms with Gasteiger partial charge in [-0.1, -0.05) is 84.2 Å². The smallest absolute Gasteiger partial charge is 0.338 e. The quantitative estimate of drug-likeness (QED) is 0.149. The summed E-state index contributed by atoms with van der Waals surface area (Å²) in [5, 5.41) is 10.4. The van der Waals surface area contributed by atoms with Gasteiger partial charge < -0.3 is 28.8 Å². The summed E-state index contributed by atoms with van der Waals surface area (Å²) in [6.07, 6.45) is -1.23. The molecule has 0 aliphatic carbocycles. The number of allylic oxidation sites excluding steroid dienone is 2. The minimum Gasteiger partial charge on any atom is -0.454 e. The summed E-state index contributed by atoms with van der Waals surface area (Å²) in [5.74, 6) is -3.13. The zero-order valence-corrected chi connectivity index (χ0v) is 30.8. The van der Waals surface area contributed by atoms with Crippen LogP contribution in [0.2, 0.25) is 0 Å². The molecule has 5 rings (SSSR count). The fourth-order valence-electron chi connectivity index (χ4n) is 5.80. The number of benzene rings is 3. The van der Waals surface area contributed by atoms with E-state index in [0.29, 0.717) is 25.7 Å². The van der Waals surface area contributed by atoms with E-state index in [0.717, 1.165) is 24.5 Å². The van der Waals surface area contributed by atoms with Gasteiger partial charge in [-0.05, 0) is 85.3 Å². The number of carbonyl (C=O) groups is 3. The summed E-state index contributed by atoms with van der Waals surface area (Å²) in [7, 11) is 1.36. The van der Waals surface area contributed by atoms with E-state index in [9.17, 15) is 19.5 Å². The number of esters is 3. The van der Waals surface area contributed by atoms with E-state index < -0.39 is 67.1 Å². The van der Waals surface area contributed by atoms with Crippen LogP contribution in [-0.4, -0.2) is 67.4 Å². The van der Waals surface area contributed by atoms with Crippen LogP contribution in [-0.2, 0) is 46.1 Å². The van der Waals surface area contributed by atoms with E-state index in [4.69, 9.17) is 23.7 Å². The van der Waals surface area contributed by atoms with Crippen LogP contribution in [0.4, 0.5) is 0 Å². The molecule has 9 nitrogen and oxygen atoms in total. The Morgan fingerprint density at radius 2 is 1.33 bits per heavy atom. The molecule has 1 saturated heterocycles. The molecule has 0 bridgehead atoms. The Morgan fingerprint density at radius 3 is 1.83 bits per heavy atom. The first-order valence-electron chi connectivity index (χ1n) is 15.5. The van der Waals surface area contributed by atoms with Gasteiger partial charge in [0, 0.05) is 20.5 Å². The van der Waals surface area contributed by atoms with Gasteiger partial charge in [0.25, 0.3) is 0 Å². The van der Waals surface area contributed by atoms with Crippen LogP contribution in [0.1, 0.15) is 34.3 Å². The molecule has 3 aromatic carbocycles. The third kappa shape index (κ3) is 9.42. The van der Waals surface area contributed by atoms with Crippen LogP contribution in [0, 0.1) is 11.8 Å². The summed E-state index contributed by atoms with van der Waals surface area (Å²) in [6, 6.07) is 21.8. The van der Waals surface area contributed by atoms with Crippen molar-refractivity contribution in [1.29, 1.82) is 0 Å². The van der Waals surface area contributed by atoms with E-state index in [2.05, 4.69) is 47.8 Å². The molecule has 2 aliphatic rings. The van der Waals surface area contributed by atoms with Crippen molar-refractivity contribution < 1.29 is 43.2 Å². The molecule has 0 aromatic heterocycles. The SMILES string of the molecule is CO[C@H]1O[C@H](CO)[C@@H](OC(=O)c2ccc(Br)cc2)[C@@H]2OC(=O)[C@H](Cc3cccc(Br)c3)C/C=C/C[C@@H](Cc3cccc(Br)c3)C(=O)O[C@@H]12. The van der Waals surface area contributed by atoms with Gasteiger partial charge in [0.2, 0.25) is 0 Å². The fourth-order valence-corrected chi connectivity index (χ4v) is 6.96. The number of aliphatic hydroxyl groups is 1. The van der Waals surface area contributed by atoms with E-state index in [1.54, 1.807) is 24.3 Å². The first-order chi connectivity index (χ1) is 23.1. The van der Waals surface area contributed by atoms with Gasteiger partial charge in [-0.3, -0.25) is 9.59 Å². The summed E-state index contributed by atoms with van der Waals surface area (Å²) in [6.45, 7) is -0.595. The Kier molecular flexibility index (Phi) is 13.0. The normalized spacial score (nSPS) is 27.0. The predicted octanol–water partition coefficient (Wildman–Crippen LogP) is 6.75. The molecular formula is C36H35Br3O9. The van der Waals surface area contributed by atoms with E-state index in [-0.39, 0.29) is 5.56 Å². The number of aliphatic hydroxyl groups excluding tert-OH is 1. The van der Waals surface area contributed by atoms with Crippen molar-refractivity contribution in [1.82, 2.24) is 0 Å². The largest absolute Gasteiger partial charge is 0.454 e. The summed E-state index contributed by atoms with van der Waals surface area (Å²) in [5.41, 5.74) is 2.06. The number of ether oxygens (including phenoxy) is 5. The van der Waals surface area contributed by atoms with E-state index in [1.807, 2.05) is 60.7 Å². The Balaban J connectivity index is 1.53. The number of halogens is 3. The highest BCUT2D eigenvalue weighted by Crippen LogP contribution is 2.33. The van der Waals surface area contributed by atoms with Crippen LogP contribution < -0.4 is 0 Å². The highest BCUT2D eigenvalue weighted by atomic mass is 79.9. The van der Waals surface area contributed by atoms with Crippen molar-refractivity contribution in [3.8, 4) is 0 Å². The first-order valence-corrected chi connectivity index (χ1v) is 17.8. The van der Waals surface area contributed by atoms with Crippen LogP contribution in [0.25, 0.3) is 0 Å². The highest BCUT2D eigenvalue weighted by Gasteiger charge is 2.53. The van der Waals surface area contributed by atoms with Crippen molar-refractivity contribution >= 4 is 65.7 Å². The average Bonchev–Trinajstić information content (AvgIpc) is 3.06. The van der Waals surface area contributed by atoms with Gasteiger partial charge in [-0.2, -0.15) is 0 Å². The third-order valence-electron chi connectivity index (χ3n) is 8.25. The number of fused-ring (bicyclic) bond motifs is 1. The minimum absolute atomic E-state index is 0.225. The maximum absolute atomic E-state index is 14.0.